The van der Waals surface area contributed by atoms with Gasteiger partial charge in [-0.3, -0.25) is 9.36 Å². The van der Waals surface area contributed by atoms with Crippen LogP contribution in [0.4, 0.5) is 4.39 Å². The van der Waals surface area contributed by atoms with Gasteiger partial charge in [0.25, 0.3) is 0 Å². The van der Waals surface area contributed by atoms with Crippen molar-refractivity contribution in [2.75, 3.05) is 0 Å². The van der Waals surface area contributed by atoms with Crippen LogP contribution >= 0.6 is 11.6 Å². The van der Waals surface area contributed by atoms with E-state index in [9.17, 15) is 14.0 Å². The molecule has 0 fully saturated rings. The van der Waals surface area contributed by atoms with E-state index >= 15 is 0 Å². The van der Waals surface area contributed by atoms with Gasteiger partial charge >= 0.3 is 5.69 Å². The van der Waals surface area contributed by atoms with Crippen molar-refractivity contribution in [3.63, 3.8) is 0 Å². The zero-order valence-corrected chi connectivity index (χ0v) is 12.7. The molecule has 0 aliphatic rings. The van der Waals surface area contributed by atoms with Crippen molar-refractivity contribution in [3.05, 3.63) is 69.4 Å². The summed E-state index contributed by atoms with van der Waals surface area (Å²) in [6, 6.07) is 11.0. The number of imidazole rings is 1. The molecule has 0 atom stereocenters. The molecule has 0 unspecified atom stereocenters. The van der Waals surface area contributed by atoms with Crippen molar-refractivity contribution >= 4 is 28.5 Å². The molecule has 0 radical (unpaired) electrons. The molecular formula is C16H13ClFN3O2. The molecule has 118 valence electrons. The van der Waals surface area contributed by atoms with Crippen LogP contribution in [-0.4, -0.2) is 15.5 Å². The number of fused-ring (bicyclic) bond motifs is 1. The predicted octanol–water partition coefficient (Wildman–Crippen LogP) is 2.44. The smallest absolute Gasteiger partial charge is 0.326 e. The van der Waals surface area contributed by atoms with Gasteiger partial charge in [0.05, 0.1) is 11.0 Å². The molecule has 3 rings (SSSR count). The normalized spacial score (nSPS) is 10.9. The minimum atomic E-state index is -0.452. The first kappa shape index (κ1) is 15.3. The second-order valence-corrected chi connectivity index (χ2v) is 5.52. The van der Waals surface area contributed by atoms with Gasteiger partial charge in [0.15, 0.2) is 0 Å². The van der Waals surface area contributed by atoms with Crippen LogP contribution in [-0.2, 0) is 17.9 Å². The number of amides is 1. The molecule has 0 aliphatic carbocycles. The fourth-order valence-electron chi connectivity index (χ4n) is 2.30. The average Bonchev–Trinajstić information content (AvgIpc) is 2.82. The standard InChI is InChI=1S/C16H13ClFN3O2/c17-11-3-1-10(2-4-11)8-19-15(22)9-21-14-6-5-12(18)7-13(14)20-16(21)23/h1-7H,8-9H2,(H,19,22)(H,20,23). The Morgan fingerprint density at radius 3 is 2.70 bits per heavy atom. The molecule has 7 heteroatoms. The number of nitrogens with one attached hydrogen (secondary N) is 2. The van der Waals surface area contributed by atoms with Crippen LogP contribution in [0.5, 0.6) is 0 Å². The molecule has 0 spiro atoms. The lowest BCUT2D eigenvalue weighted by Crippen LogP contribution is -2.30. The molecule has 3 aromatic rings. The maximum absolute atomic E-state index is 13.2. The van der Waals surface area contributed by atoms with Crippen LogP contribution in [0.1, 0.15) is 5.56 Å². The van der Waals surface area contributed by atoms with Crippen molar-refractivity contribution in [2.24, 2.45) is 0 Å². The van der Waals surface area contributed by atoms with Gasteiger partial charge in [0, 0.05) is 11.6 Å². The molecule has 1 amide bonds. The van der Waals surface area contributed by atoms with Crippen LogP contribution in [0.25, 0.3) is 11.0 Å². The molecule has 2 aromatic carbocycles. The highest BCUT2D eigenvalue weighted by molar-refractivity contribution is 6.30. The Morgan fingerprint density at radius 1 is 1.22 bits per heavy atom. The van der Waals surface area contributed by atoms with Crippen molar-refractivity contribution in [2.45, 2.75) is 13.1 Å². The highest BCUT2D eigenvalue weighted by Crippen LogP contribution is 2.12. The van der Waals surface area contributed by atoms with Gasteiger partial charge < -0.3 is 10.3 Å². The zero-order chi connectivity index (χ0) is 16.4. The lowest BCUT2D eigenvalue weighted by molar-refractivity contribution is -0.121. The van der Waals surface area contributed by atoms with Crippen molar-refractivity contribution in [3.8, 4) is 0 Å². The third kappa shape index (κ3) is 3.43. The second kappa shape index (κ2) is 6.26. The van der Waals surface area contributed by atoms with E-state index < -0.39 is 11.5 Å². The Labute approximate surface area is 135 Å². The number of nitrogens with zero attached hydrogens (tertiary/aromatic N) is 1. The van der Waals surface area contributed by atoms with Crippen LogP contribution in [0.2, 0.25) is 5.02 Å². The maximum atomic E-state index is 13.2. The molecule has 0 aliphatic heterocycles. The molecule has 23 heavy (non-hydrogen) atoms. The number of halogens is 2. The number of rotatable bonds is 4. The summed E-state index contributed by atoms with van der Waals surface area (Å²) in [7, 11) is 0. The van der Waals surface area contributed by atoms with Gasteiger partial charge in [-0.1, -0.05) is 23.7 Å². The Hall–Kier alpha value is -2.60. The second-order valence-electron chi connectivity index (χ2n) is 5.08. The number of carbonyl (C=O) groups excluding carboxylic acids is 1. The molecule has 5 nitrogen and oxygen atoms in total. The summed E-state index contributed by atoms with van der Waals surface area (Å²) in [5.74, 6) is -0.759. The minimum Gasteiger partial charge on any atom is -0.350 e. The predicted molar refractivity (Wildman–Crippen MR) is 85.8 cm³/mol. The Kier molecular flexibility index (Phi) is 4.16. The van der Waals surface area contributed by atoms with Crippen molar-refractivity contribution in [1.29, 1.82) is 0 Å². The van der Waals surface area contributed by atoms with Gasteiger partial charge in [-0.15, -0.1) is 0 Å². The van der Waals surface area contributed by atoms with Crippen LogP contribution < -0.4 is 11.0 Å². The molecule has 0 saturated carbocycles. The topological polar surface area (TPSA) is 66.9 Å². The summed E-state index contributed by atoms with van der Waals surface area (Å²) in [5, 5.41) is 3.35. The van der Waals surface area contributed by atoms with Gasteiger partial charge in [0.1, 0.15) is 12.4 Å². The van der Waals surface area contributed by atoms with E-state index in [0.717, 1.165) is 5.56 Å². The summed E-state index contributed by atoms with van der Waals surface area (Å²) in [5.41, 5.74) is 1.29. The van der Waals surface area contributed by atoms with Crippen molar-refractivity contribution < 1.29 is 9.18 Å². The van der Waals surface area contributed by atoms with E-state index in [1.165, 1.54) is 22.8 Å². The lowest BCUT2D eigenvalue weighted by atomic mass is 10.2. The summed E-state index contributed by atoms with van der Waals surface area (Å²) in [6.07, 6.45) is 0. The highest BCUT2D eigenvalue weighted by Gasteiger charge is 2.11. The zero-order valence-electron chi connectivity index (χ0n) is 12.0. The molecule has 2 N–H and O–H groups in total. The van der Waals surface area contributed by atoms with Crippen LogP contribution in [0, 0.1) is 5.82 Å². The van der Waals surface area contributed by atoms with E-state index in [1.54, 1.807) is 12.1 Å². The van der Waals surface area contributed by atoms with E-state index in [-0.39, 0.29) is 12.5 Å². The molecule has 0 saturated heterocycles. The fraction of sp³-hybridized carbons (Fsp3) is 0.125. The first-order chi connectivity index (χ1) is 11.0. The number of benzene rings is 2. The number of carbonyl (C=O) groups is 1. The number of H-pyrrole nitrogens is 1. The van der Waals surface area contributed by atoms with Crippen LogP contribution in [0.15, 0.2) is 47.3 Å². The average molecular weight is 334 g/mol. The van der Waals surface area contributed by atoms with Gasteiger partial charge in [0.2, 0.25) is 5.91 Å². The maximum Gasteiger partial charge on any atom is 0.326 e. The van der Waals surface area contributed by atoms with E-state index in [1.807, 2.05) is 12.1 Å². The first-order valence-electron chi connectivity index (χ1n) is 6.92. The van der Waals surface area contributed by atoms with E-state index in [2.05, 4.69) is 10.3 Å². The third-order valence-electron chi connectivity index (χ3n) is 3.44. The number of hydrogen-bond acceptors (Lipinski definition) is 2. The Morgan fingerprint density at radius 2 is 1.96 bits per heavy atom. The summed E-state index contributed by atoms with van der Waals surface area (Å²) in [6.45, 7) is 0.194. The first-order valence-corrected chi connectivity index (χ1v) is 7.30. The van der Waals surface area contributed by atoms with E-state index in [0.29, 0.717) is 22.6 Å². The summed E-state index contributed by atoms with van der Waals surface area (Å²) < 4.78 is 14.4. The van der Waals surface area contributed by atoms with Gasteiger partial charge in [-0.05, 0) is 35.9 Å². The Bertz CT molecular complexity index is 915. The SMILES string of the molecule is O=C(Cn1c(=O)[nH]c2cc(F)ccc21)NCc1ccc(Cl)cc1. The monoisotopic (exact) mass is 333 g/mol. The number of aromatic nitrogens is 2. The summed E-state index contributed by atoms with van der Waals surface area (Å²) in [4.78, 5) is 26.4. The minimum absolute atomic E-state index is 0.141. The fourth-order valence-corrected chi connectivity index (χ4v) is 2.42. The van der Waals surface area contributed by atoms with Gasteiger partial charge in [-0.25, -0.2) is 9.18 Å². The largest absolute Gasteiger partial charge is 0.350 e. The van der Waals surface area contributed by atoms with Crippen LogP contribution in [0.3, 0.4) is 0 Å². The Balaban J connectivity index is 1.71. The molecule has 0 bridgehead atoms. The lowest BCUT2D eigenvalue weighted by Gasteiger charge is -2.06. The highest BCUT2D eigenvalue weighted by atomic mass is 35.5. The van der Waals surface area contributed by atoms with Crippen molar-refractivity contribution in [1.82, 2.24) is 14.9 Å². The summed E-state index contributed by atoms with van der Waals surface area (Å²) >= 11 is 5.80. The number of aromatic amines is 1. The third-order valence-corrected chi connectivity index (χ3v) is 3.69. The number of hydrogen-bond donors (Lipinski definition) is 2. The quantitative estimate of drug-likeness (QED) is 0.770. The van der Waals surface area contributed by atoms with E-state index in [4.69, 9.17) is 11.6 Å². The van der Waals surface area contributed by atoms with Gasteiger partial charge in [-0.2, -0.15) is 0 Å². The molecule has 1 aromatic heterocycles. The molecular weight excluding hydrogens is 321 g/mol. The molecule has 1 heterocycles.